The fraction of sp³-hybridized carbons (Fsp3) is 0.182. The zero-order valence-corrected chi connectivity index (χ0v) is 15.6. The Labute approximate surface area is 158 Å². The molecule has 1 saturated heterocycles. The van der Waals surface area contributed by atoms with Gasteiger partial charge in [0.15, 0.2) is 0 Å². The van der Waals surface area contributed by atoms with Crippen molar-refractivity contribution >= 4 is 33.6 Å². The highest BCUT2D eigenvalue weighted by molar-refractivity contribution is 7.20. The van der Waals surface area contributed by atoms with Crippen LogP contribution in [0.25, 0.3) is 22.2 Å². The summed E-state index contributed by atoms with van der Waals surface area (Å²) in [6.45, 7) is 6.13. The Hall–Kier alpha value is -2.24. The van der Waals surface area contributed by atoms with Gasteiger partial charge in [-0.05, 0) is 18.6 Å². The lowest BCUT2D eigenvalue weighted by Crippen LogP contribution is -2.61. The molecular weight excluding hydrogens is 338 g/mol. The molecule has 3 unspecified atom stereocenters. The molecule has 3 aromatic rings. The molecular formula is C22H23N3S. The molecule has 3 atom stereocenters. The molecule has 2 heterocycles. The molecule has 0 aliphatic carbocycles. The number of hydrogen-bond acceptors (Lipinski definition) is 4. The van der Waals surface area contributed by atoms with Crippen LogP contribution in [0.3, 0.4) is 0 Å². The average Bonchev–Trinajstić information content (AvgIpc) is 3.04. The van der Waals surface area contributed by atoms with Gasteiger partial charge in [0.2, 0.25) is 0 Å². The second kappa shape index (κ2) is 7.56. The van der Waals surface area contributed by atoms with Crippen molar-refractivity contribution in [3.63, 3.8) is 0 Å². The molecule has 1 fully saturated rings. The smallest absolute Gasteiger partial charge is 0.0861 e. The number of thiophene rings is 1. The van der Waals surface area contributed by atoms with Gasteiger partial charge in [-0.15, -0.1) is 11.3 Å². The van der Waals surface area contributed by atoms with Crippen molar-refractivity contribution in [2.24, 2.45) is 0 Å². The molecule has 1 aliphatic heterocycles. The third-order valence-electron chi connectivity index (χ3n) is 4.63. The van der Waals surface area contributed by atoms with Crippen molar-refractivity contribution in [2.45, 2.75) is 25.4 Å². The van der Waals surface area contributed by atoms with Crippen LogP contribution >= 0.6 is 11.3 Å². The summed E-state index contributed by atoms with van der Waals surface area (Å²) >= 11 is 1.79. The average molecular weight is 362 g/mol. The van der Waals surface area contributed by atoms with Crippen molar-refractivity contribution in [2.75, 3.05) is 0 Å². The second-order valence-corrected chi connectivity index (χ2v) is 7.57. The molecule has 26 heavy (non-hydrogen) atoms. The molecule has 4 heteroatoms. The van der Waals surface area contributed by atoms with E-state index < -0.39 is 0 Å². The summed E-state index contributed by atoms with van der Waals surface area (Å²) in [7, 11) is 0. The number of fused-ring (bicyclic) bond motifs is 1. The van der Waals surface area contributed by atoms with E-state index in [4.69, 9.17) is 0 Å². The summed E-state index contributed by atoms with van der Waals surface area (Å²) in [4.78, 5) is 1.21. The number of nitrogens with one attached hydrogen (secondary N) is 3. The van der Waals surface area contributed by atoms with Gasteiger partial charge in [-0.25, -0.2) is 0 Å². The summed E-state index contributed by atoms with van der Waals surface area (Å²) in [5.74, 6) is 0. The second-order valence-electron chi connectivity index (χ2n) is 6.48. The first-order valence-corrected chi connectivity index (χ1v) is 9.71. The van der Waals surface area contributed by atoms with E-state index in [0.29, 0.717) is 0 Å². The van der Waals surface area contributed by atoms with E-state index in [2.05, 4.69) is 90.1 Å². The Morgan fingerprint density at radius 2 is 1.73 bits per heavy atom. The lowest BCUT2D eigenvalue weighted by atomic mass is 10.1. The van der Waals surface area contributed by atoms with Gasteiger partial charge in [0.05, 0.1) is 18.5 Å². The Kier molecular flexibility index (Phi) is 5.00. The normalized spacial score (nSPS) is 23.5. The molecule has 3 nitrogen and oxygen atoms in total. The Bertz CT molecular complexity index is 929. The third-order valence-corrected chi connectivity index (χ3v) is 5.81. The van der Waals surface area contributed by atoms with Crippen molar-refractivity contribution in [1.82, 2.24) is 16.0 Å². The minimum absolute atomic E-state index is 0.0905. The maximum atomic E-state index is 3.98. The fourth-order valence-electron chi connectivity index (χ4n) is 3.39. The monoisotopic (exact) mass is 361 g/mol. The Morgan fingerprint density at radius 1 is 0.962 bits per heavy atom. The minimum atomic E-state index is 0.0905. The van der Waals surface area contributed by atoms with E-state index in [-0.39, 0.29) is 18.5 Å². The molecule has 0 bridgehead atoms. The van der Waals surface area contributed by atoms with Crippen LogP contribution in [0.1, 0.15) is 29.1 Å². The molecule has 132 valence electrons. The first kappa shape index (κ1) is 17.2. The van der Waals surface area contributed by atoms with Crippen molar-refractivity contribution in [3.05, 3.63) is 83.3 Å². The summed E-state index contributed by atoms with van der Waals surface area (Å²) in [6, 6.07) is 19.0. The first-order chi connectivity index (χ1) is 12.7. The number of rotatable bonds is 4. The van der Waals surface area contributed by atoms with E-state index in [0.717, 1.165) is 0 Å². The molecule has 2 aromatic carbocycles. The van der Waals surface area contributed by atoms with Crippen LogP contribution in [0.4, 0.5) is 0 Å². The van der Waals surface area contributed by atoms with Crippen LogP contribution < -0.4 is 16.0 Å². The quantitative estimate of drug-likeness (QED) is 0.630. The highest BCUT2D eigenvalue weighted by atomic mass is 32.1. The minimum Gasteiger partial charge on any atom is -0.283 e. The van der Waals surface area contributed by atoms with E-state index in [1.807, 2.05) is 12.1 Å². The van der Waals surface area contributed by atoms with Crippen LogP contribution in [0, 0.1) is 0 Å². The molecule has 4 rings (SSSR count). The standard InChI is InChI=1S/C22H23N3S/c1-3-19-18(17-11-7-8-12-20(17)26-19)13-14-21-23-15(2)24-22(25-21)16-9-5-4-6-10-16/h3-15,21-25H,1H2,2H3/b14-13+. The maximum Gasteiger partial charge on any atom is 0.0861 e. The predicted molar refractivity (Wildman–Crippen MR) is 113 cm³/mol. The van der Waals surface area contributed by atoms with Gasteiger partial charge < -0.3 is 0 Å². The summed E-state index contributed by atoms with van der Waals surface area (Å²) < 4.78 is 1.30. The lowest BCUT2D eigenvalue weighted by molar-refractivity contribution is 0.239. The van der Waals surface area contributed by atoms with Gasteiger partial charge in [-0.2, -0.15) is 0 Å². The van der Waals surface area contributed by atoms with Gasteiger partial charge in [-0.1, -0.05) is 73.3 Å². The van der Waals surface area contributed by atoms with E-state index in [1.165, 1.54) is 26.1 Å². The molecule has 0 spiro atoms. The zero-order chi connectivity index (χ0) is 17.9. The fourth-order valence-corrected chi connectivity index (χ4v) is 4.44. The van der Waals surface area contributed by atoms with Crippen molar-refractivity contribution in [3.8, 4) is 0 Å². The first-order valence-electron chi connectivity index (χ1n) is 8.90. The predicted octanol–water partition coefficient (Wildman–Crippen LogP) is 4.71. The molecule has 0 radical (unpaired) electrons. The topological polar surface area (TPSA) is 36.1 Å². The summed E-state index contributed by atoms with van der Waals surface area (Å²) in [5, 5.41) is 12.0. The third kappa shape index (κ3) is 3.50. The highest BCUT2D eigenvalue weighted by Gasteiger charge is 2.23. The van der Waals surface area contributed by atoms with Gasteiger partial charge in [-0.3, -0.25) is 16.0 Å². The van der Waals surface area contributed by atoms with E-state index in [9.17, 15) is 0 Å². The molecule has 0 amide bonds. The van der Waals surface area contributed by atoms with Crippen LogP contribution in [-0.4, -0.2) is 12.3 Å². The molecule has 1 aliphatic rings. The van der Waals surface area contributed by atoms with Gasteiger partial charge in [0, 0.05) is 20.5 Å². The number of hydrogen-bond donors (Lipinski definition) is 3. The van der Waals surface area contributed by atoms with Gasteiger partial charge in [0.1, 0.15) is 0 Å². The van der Waals surface area contributed by atoms with Crippen LogP contribution in [0.2, 0.25) is 0 Å². The number of benzene rings is 2. The van der Waals surface area contributed by atoms with Gasteiger partial charge in [0.25, 0.3) is 0 Å². The van der Waals surface area contributed by atoms with Crippen LogP contribution in [0.15, 0.2) is 67.3 Å². The highest BCUT2D eigenvalue weighted by Crippen LogP contribution is 2.33. The summed E-state index contributed by atoms with van der Waals surface area (Å²) in [6.07, 6.45) is 6.79. The van der Waals surface area contributed by atoms with E-state index in [1.54, 1.807) is 11.3 Å². The Morgan fingerprint density at radius 3 is 2.54 bits per heavy atom. The van der Waals surface area contributed by atoms with E-state index >= 15 is 0 Å². The van der Waals surface area contributed by atoms with Crippen LogP contribution in [-0.2, 0) is 0 Å². The SMILES string of the molecule is C=Cc1sc2ccccc2c1/C=C/C1NC(C)NC(c2ccccc2)N1. The largest absolute Gasteiger partial charge is 0.283 e. The molecule has 3 N–H and O–H groups in total. The van der Waals surface area contributed by atoms with Crippen molar-refractivity contribution < 1.29 is 0 Å². The molecule has 0 saturated carbocycles. The summed E-state index contributed by atoms with van der Waals surface area (Å²) in [5.41, 5.74) is 2.48. The lowest BCUT2D eigenvalue weighted by Gasteiger charge is -2.36. The molecule has 1 aromatic heterocycles. The maximum absolute atomic E-state index is 3.98. The zero-order valence-electron chi connectivity index (χ0n) is 14.8. The Balaban J connectivity index is 1.59. The van der Waals surface area contributed by atoms with Crippen molar-refractivity contribution in [1.29, 1.82) is 0 Å². The van der Waals surface area contributed by atoms with Crippen LogP contribution in [0.5, 0.6) is 0 Å². The van der Waals surface area contributed by atoms with Gasteiger partial charge >= 0.3 is 0 Å².